The Bertz CT molecular complexity index is 347. The number of pyridine rings is 1. The fourth-order valence-corrected chi connectivity index (χ4v) is 1.68. The zero-order chi connectivity index (χ0) is 10.7. The Balaban J connectivity index is 0.00000128. The Hall–Kier alpha value is -1.13. The highest BCUT2D eigenvalue weighted by atomic mass is 35.5. The molecule has 2 heterocycles. The van der Waals surface area contributed by atoms with Crippen molar-refractivity contribution in [2.24, 2.45) is 0 Å². The molecule has 2 N–H and O–H groups in total. The molecule has 1 saturated heterocycles. The molecule has 1 amide bonds. The average Bonchev–Trinajstić information content (AvgIpc) is 2.74. The molecule has 0 aromatic carbocycles. The van der Waals surface area contributed by atoms with E-state index in [0.29, 0.717) is 0 Å². The van der Waals surface area contributed by atoms with Crippen LogP contribution in [0.3, 0.4) is 0 Å². The van der Waals surface area contributed by atoms with Crippen LogP contribution in [0.15, 0.2) is 18.3 Å². The molecular formula is C11H16ClN3O. The summed E-state index contributed by atoms with van der Waals surface area (Å²) in [5, 5.41) is 6.00. The average molecular weight is 242 g/mol. The van der Waals surface area contributed by atoms with Crippen molar-refractivity contribution < 1.29 is 4.79 Å². The summed E-state index contributed by atoms with van der Waals surface area (Å²) in [5.74, 6) is 0.0400. The fourth-order valence-electron chi connectivity index (χ4n) is 1.68. The zero-order valence-corrected chi connectivity index (χ0v) is 10.0. The molecule has 0 saturated carbocycles. The van der Waals surface area contributed by atoms with Gasteiger partial charge in [-0.25, -0.2) is 0 Å². The van der Waals surface area contributed by atoms with E-state index < -0.39 is 0 Å². The second kappa shape index (κ2) is 5.82. The lowest BCUT2D eigenvalue weighted by Crippen LogP contribution is -2.35. The first kappa shape index (κ1) is 12.9. The highest BCUT2D eigenvalue weighted by Crippen LogP contribution is 2.10. The van der Waals surface area contributed by atoms with Gasteiger partial charge < -0.3 is 10.6 Å². The van der Waals surface area contributed by atoms with Gasteiger partial charge in [-0.2, -0.15) is 0 Å². The van der Waals surface area contributed by atoms with Crippen molar-refractivity contribution in [2.45, 2.75) is 25.8 Å². The molecule has 0 spiro atoms. The lowest BCUT2D eigenvalue weighted by Gasteiger charge is -2.10. The molecular weight excluding hydrogens is 226 g/mol. The first-order valence-electron chi connectivity index (χ1n) is 5.22. The number of nitrogens with zero attached hydrogens (tertiary/aromatic N) is 1. The number of halogens is 1. The summed E-state index contributed by atoms with van der Waals surface area (Å²) >= 11 is 0. The van der Waals surface area contributed by atoms with Crippen molar-refractivity contribution in [3.63, 3.8) is 0 Å². The minimum atomic E-state index is -0.0358. The summed E-state index contributed by atoms with van der Waals surface area (Å²) in [7, 11) is 0. The minimum Gasteiger partial charge on any atom is -0.323 e. The van der Waals surface area contributed by atoms with Crippen molar-refractivity contribution in [1.82, 2.24) is 10.3 Å². The van der Waals surface area contributed by atoms with Crippen molar-refractivity contribution in [3.05, 3.63) is 24.0 Å². The highest BCUT2D eigenvalue weighted by molar-refractivity contribution is 5.94. The van der Waals surface area contributed by atoms with E-state index in [2.05, 4.69) is 15.6 Å². The monoisotopic (exact) mass is 241 g/mol. The maximum absolute atomic E-state index is 11.7. The molecule has 1 fully saturated rings. The van der Waals surface area contributed by atoms with Gasteiger partial charge in [-0.15, -0.1) is 12.4 Å². The third-order valence-electron chi connectivity index (χ3n) is 2.56. The molecule has 0 aliphatic carbocycles. The van der Waals surface area contributed by atoms with Gasteiger partial charge in [-0.3, -0.25) is 9.78 Å². The molecule has 1 aromatic rings. The summed E-state index contributed by atoms with van der Waals surface area (Å²) in [4.78, 5) is 15.8. The number of rotatable bonds is 2. The van der Waals surface area contributed by atoms with Crippen LogP contribution < -0.4 is 10.6 Å². The normalized spacial score (nSPS) is 18.9. The number of carbonyl (C=O) groups is 1. The van der Waals surface area contributed by atoms with E-state index in [9.17, 15) is 4.79 Å². The van der Waals surface area contributed by atoms with Crippen LogP contribution in [0.2, 0.25) is 0 Å². The Labute approximate surface area is 101 Å². The predicted molar refractivity (Wildman–Crippen MR) is 65.9 cm³/mol. The highest BCUT2D eigenvalue weighted by Gasteiger charge is 2.21. The third-order valence-corrected chi connectivity index (χ3v) is 2.56. The van der Waals surface area contributed by atoms with Gasteiger partial charge in [0.1, 0.15) is 0 Å². The molecule has 0 bridgehead atoms. The lowest BCUT2D eigenvalue weighted by molar-refractivity contribution is -0.117. The minimum absolute atomic E-state index is 0. The standard InChI is InChI=1S/C11H15N3O.ClH/c1-8-4-5-9(7-13-8)14-11(15)10-3-2-6-12-10;/h4-5,7,10,12H,2-3,6H2,1H3,(H,14,15);1H/t10-;/m0./s1. The Morgan fingerprint density at radius 1 is 1.56 bits per heavy atom. The summed E-state index contributed by atoms with van der Waals surface area (Å²) in [6, 6.07) is 3.72. The first-order chi connectivity index (χ1) is 7.25. The van der Waals surface area contributed by atoms with Crippen molar-refractivity contribution >= 4 is 24.0 Å². The number of anilines is 1. The van der Waals surface area contributed by atoms with E-state index in [4.69, 9.17) is 0 Å². The van der Waals surface area contributed by atoms with Crippen LogP contribution in [0.5, 0.6) is 0 Å². The lowest BCUT2D eigenvalue weighted by atomic mass is 10.2. The summed E-state index contributed by atoms with van der Waals surface area (Å²) in [6.45, 7) is 2.86. The number of hydrogen-bond donors (Lipinski definition) is 2. The number of nitrogens with one attached hydrogen (secondary N) is 2. The van der Waals surface area contributed by atoms with E-state index in [1.165, 1.54) is 0 Å². The van der Waals surface area contributed by atoms with Gasteiger partial charge in [-0.1, -0.05) is 0 Å². The third kappa shape index (κ3) is 3.18. The SMILES string of the molecule is Cc1ccc(NC(=O)[C@@H]2CCCN2)cn1.Cl. The molecule has 1 aliphatic heterocycles. The van der Waals surface area contributed by atoms with E-state index in [1.54, 1.807) is 6.20 Å². The molecule has 1 aromatic heterocycles. The summed E-state index contributed by atoms with van der Waals surface area (Å²) in [5.41, 5.74) is 1.71. The maximum atomic E-state index is 11.7. The number of aromatic nitrogens is 1. The summed E-state index contributed by atoms with van der Waals surface area (Å²) < 4.78 is 0. The van der Waals surface area contributed by atoms with Gasteiger partial charge in [0.05, 0.1) is 17.9 Å². The Morgan fingerprint density at radius 2 is 2.38 bits per heavy atom. The molecule has 2 rings (SSSR count). The predicted octanol–water partition coefficient (Wildman–Crippen LogP) is 1.50. The van der Waals surface area contributed by atoms with Crippen LogP contribution in [0, 0.1) is 6.92 Å². The van der Waals surface area contributed by atoms with E-state index in [1.807, 2.05) is 19.1 Å². The van der Waals surface area contributed by atoms with Gasteiger partial charge in [-0.05, 0) is 38.4 Å². The number of hydrogen-bond acceptors (Lipinski definition) is 3. The van der Waals surface area contributed by atoms with Crippen molar-refractivity contribution in [3.8, 4) is 0 Å². The smallest absolute Gasteiger partial charge is 0.241 e. The van der Waals surface area contributed by atoms with E-state index >= 15 is 0 Å². The molecule has 5 heteroatoms. The maximum Gasteiger partial charge on any atom is 0.241 e. The fraction of sp³-hybridized carbons (Fsp3) is 0.455. The van der Waals surface area contributed by atoms with Gasteiger partial charge in [0, 0.05) is 5.69 Å². The van der Waals surface area contributed by atoms with E-state index in [0.717, 1.165) is 30.8 Å². The van der Waals surface area contributed by atoms with Crippen molar-refractivity contribution in [1.29, 1.82) is 0 Å². The van der Waals surface area contributed by atoms with Crippen LogP contribution in [0.4, 0.5) is 5.69 Å². The molecule has 0 unspecified atom stereocenters. The van der Waals surface area contributed by atoms with Crippen molar-refractivity contribution in [2.75, 3.05) is 11.9 Å². The molecule has 16 heavy (non-hydrogen) atoms. The molecule has 0 radical (unpaired) electrons. The Kier molecular flexibility index (Phi) is 4.71. The second-order valence-corrected chi connectivity index (χ2v) is 3.83. The molecule has 1 atom stereocenters. The van der Waals surface area contributed by atoms with Crippen LogP contribution in [-0.2, 0) is 4.79 Å². The van der Waals surface area contributed by atoms with Gasteiger partial charge in [0.15, 0.2) is 0 Å². The zero-order valence-electron chi connectivity index (χ0n) is 9.19. The summed E-state index contributed by atoms with van der Waals surface area (Å²) in [6.07, 6.45) is 3.68. The topological polar surface area (TPSA) is 54.0 Å². The quantitative estimate of drug-likeness (QED) is 0.825. The molecule has 4 nitrogen and oxygen atoms in total. The first-order valence-corrected chi connectivity index (χ1v) is 5.22. The molecule has 88 valence electrons. The van der Waals surface area contributed by atoms with Crippen LogP contribution in [-0.4, -0.2) is 23.5 Å². The number of amides is 1. The van der Waals surface area contributed by atoms with Gasteiger partial charge >= 0.3 is 0 Å². The van der Waals surface area contributed by atoms with Gasteiger partial charge in [0.2, 0.25) is 5.91 Å². The second-order valence-electron chi connectivity index (χ2n) is 3.83. The number of aryl methyl sites for hydroxylation is 1. The van der Waals surface area contributed by atoms with Crippen LogP contribution in [0.1, 0.15) is 18.5 Å². The Morgan fingerprint density at radius 3 is 2.94 bits per heavy atom. The largest absolute Gasteiger partial charge is 0.323 e. The number of carbonyl (C=O) groups excluding carboxylic acids is 1. The van der Waals surface area contributed by atoms with Crippen LogP contribution in [0.25, 0.3) is 0 Å². The molecule has 1 aliphatic rings. The van der Waals surface area contributed by atoms with Gasteiger partial charge in [0.25, 0.3) is 0 Å². The van der Waals surface area contributed by atoms with E-state index in [-0.39, 0.29) is 24.4 Å². The van der Waals surface area contributed by atoms with Crippen LogP contribution >= 0.6 is 12.4 Å².